The van der Waals surface area contributed by atoms with E-state index in [9.17, 15) is 4.79 Å². The van der Waals surface area contributed by atoms with Gasteiger partial charge in [-0.2, -0.15) is 0 Å². The quantitative estimate of drug-likeness (QED) is 0.826. The number of amides is 1. The standard InChI is InChI=1S/C10H13BrClNOS/c1-2-7(12)3-5-13-10(14)9-8(11)4-6-15-9/h4,6-7H,2-3,5H2,1H3,(H,13,14). The van der Waals surface area contributed by atoms with Gasteiger partial charge >= 0.3 is 0 Å². The van der Waals surface area contributed by atoms with Gasteiger partial charge in [0.2, 0.25) is 0 Å². The first-order valence-corrected chi connectivity index (χ1v) is 6.91. The number of carbonyl (C=O) groups excluding carboxylic acids is 1. The Labute approximate surface area is 107 Å². The summed E-state index contributed by atoms with van der Waals surface area (Å²) >= 11 is 10.7. The normalized spacial score (nSPS) is 12.5. The van der Waals surface area contributed by atoms with Gasteiger partial charge in [0.05, 0.1) is 0 Å². The Morgan fingerprint density at radius 3 is 3.00 bits per heavy atom. The van der Waals surface area contributed by atoms with E-state index in [-0.39, 0.29) is 11.3 Å². The molecule has 1 unspecified atom stereocenters. The number of alkyl halides is 1. The molecule has 0 radical (unpaired) electrons. The van der Waals surface area contributed by atoms with Crippen LogP contribution in [0.15, 0.2) is 15.9 Å². The third-order valence-corrected chi connectivity index (χ3v) is 4.37. The van der Waals surface area contributed by atoms with Crippen LogP contribution in [0.5, 0.6) is 0 Å². The lowest BCUT2D eigenvalue weighted by Gasteiger charge is -2.07. The molecule has 0 saturated carbocycles. The molecule has 5 heteroatoms. The fourth-order valence-corrected chi connectivity index (χ4v) is 2.66. The number of nitrogens with one attached hydrogen (secondary N) is 1. The first-order valence-electron chi connectivity index (χ1n) is 4.80. The van der Waals surface area contributed by atoms with Crippen LogP contribution in [0, 0.1) is 0 Å². The fraction of sp³-hybridized carbons (Fsp3) is 0.500. The summed E-state index contributed by atoms with van der Waals surface area (Å²) in [6, 6.07) is 1.87. The molecule has 0 saturated heterocycles. The zero-order valence-electron chi connectivity index (χ0n) is 8.43. The molecule has 84 valence electrons. The Morgan fingerprint density at radius 2 is 2.47 bits per heavy atom. The molecule has 1 aromatic rings. The smallest absolute Gasteiger partial charge is 0.262 e. The topological polar surface area (TPSA) is 29.1 Å². The third kappa shape index (κ3) is 4.13. The maximum Gasteiger partial charge on any atom is 0.262 e. The van der Waals surface area contributed by atoms with Gasteiger partial charge in [-0.05, 0) is 40.2 Å². The summed E-state index contributed by atoms with van der Waals surface area (Å²) in [5.41, 5.74) is 0. The zero-order valence-corrected chi connectivity index (χ0v) is 11.6. The number of rotatable bonds is 5. The van der Waals surface area contributed by atoms with Crippen LogP contribution in [0.3, 0.4) is 0 Å². The molecular formula is C10H13BrClNOS. The Bertz CT molecular complexity index is 329. The molecule has 0 bridgehead atoms. The molecule has 1 atom stereocenters. The van der Waals surface area contributed by atoms with Crippen molar-refractivity contribution in [1.82, 2.24) is 5.32 Å². The van der Waals surface area contributed by atoms with E-state index < -0.39 is 0 Å². The number of hydrogen-bond acceptors (Lipinski definition) is 2. The lowest BCUT2D eigenvalue weighted by atomic mass is 10.2. The van der Waals surface area contributed by atoms with Crippen molar-refractivity contribution in [2.24, 2.45) is 0 Å². The summed E-state index contributed by atoms with van der Waals surface area (Å²) in [6.07, 6.45) is 1.74. The monoisotopic (exact) mass is 309 g/mol. The molecule has 0 aliphatic heterocycles. The average Bonchev–Trinajstić information content (AvgIpc) is 2.64. The Morgan fingerprint density at radius 1 is 1.73 bits per heavy atom. The molecule has 0 aliphatic rings. The summed E-state index contributed by atoms with van der Waals surface area (Å²) in [4.78, 5) is 12.3. The molecule has 0 aromatic carbocycles. The van der Waals surface area contributed by atoms with Crippen molar-refractivity contribution in [3.8, 4) is 0 Å². The van der Waals surface area contributed by atoms with Crippen LogP contribution in [-0.2, 0) is 0 Å². The lowest BCUT2D eigenvalue weighted by molar-refractivity contribution is 0.0956. The van der Waals surface area contributed by atoms with Gasteiger partial charge in [0.15, 0.2) is 0 Å². The molecule has 0 spiro atoms. The maximum absolute atomic E-state index is 11.6. The van der Waals surface area contributed by atoms with Gasteiger partial charge in [-0.15, -0.1) is 22.9 Å². The van der Waals surface area contributed by atoms with Crippen LogP contribution < -0.4 is 5.32 Å². The summed E-state index contributed by atoms with van der Waals surface area (Å²) in [5, 5.41) is 4.88. The highest BCUT2D eigenvalue weighted by atomic mass is 79.9. The molecule has 15 heavy (non-hydrogen) atoms. The third-order valence-electron chi connectivity index (χ3n) is 2.01. The Kier molecular flexibility index (Phi) is 5.64. The summed E-state index contributed by atoms with van der Waals surface area (Å²) in [7, 11) is 0. The van der Waals surface area contributed by atoms with Gasteiger partial charge in [-0.1, -0.05) is 6.92 Å². The van der Waals surface area contributed by atoms with Crippen molar-refractivity contribution in [3.05, 3.63) is 20.8 Å². The van der Waals surface area contributed by atoms with E-state index >= 15 is 0 Å². The predicted molar refractivity (Wildman–Crippen MR) is 68.9 cm³/mol. The predicted octanol–water partition coefficient (Wildman–Crippen LogP) is 3.65. The number of thiophene rings is 1. The Hall–Kier alpha value is -0.0600. The van der Waals surface area contributed by atoms with Crippen molar-refractivity contribution >= 4 is 44.8 Å². The molecule has 2 nitrogen and oxygen atoms in total. The van der Waals surface area contributed by atoms with Crippen LogP contribution in [0.25, 0.3) is 0 Å². The van der Waals surface area contributed by atoms with E-state index in [1.54, 1.807) is 0 Å². The van der Waals surface area contributed by atoms with E-state index in [0.717, 1.165) is 22.2 Å². The largest absolute Gasteiger partial charge is 0.351 e. The number of halogens is 2. The summed E-state index contributed by atoms with van der Waals surface area (Å²) in [6.45, 7) is 2.67. The van der Waals surface area contributed by atoms with Crippen LogP contribution in [0.1, 0.15) is 29.4 Å². The number of hydrogen-bond donors (Lipinski definition) is 1. The van der Waals surface area contributed by atoms with Crippen molar-refractivity contribution in [1.29, 1.82) is 0 Å². The molecule has 0 fully saturated rings. The fourth-order valence-electron chi connectivity index (χ4n) is 1.08. The minimum Gasteiger partial charge on any atom is -0.351 e. The van der Waals surface area contributed by atoms with E-state index in [1.165, 1.54) is 11.3 Å². The van der Waals surface area contributed by atoms with Gasteiger partial charge in [-0.25, -0.2) is 0 Å². The molecule has 0 aliphatic carbocycles. The first-order chi connectivity index (χ1) is 7.15. The van der Waals surface area contributed by atoms with Crippen molar-refractivity contribution in [2.45, 2.75) is 25.1 Å². The Balaban J connectivity index is 2.34. The van der Waals surface area contributed by atoms with Crippen LogP contribution >= 0.6 is 38.9 Å². The van der Waals surface area contributed by atoms with Crippen molar-refractivity contribution < 1.29 is 4.79 Å². The second-order valence-corrected chi connectivity index (χ2v) is 5.54. The van der Waals surface area contributed by atoms with Crippen LogP contribution in [-0.4, -0.2) is 17.8 Å². The minimum atomic E-state index is -0.0307. The molecule has 1 rings (SSSR count). The number of carbonyl (C=O) groups is 1. The van der Waals surface area contributed by atoms with E-state index in [0.29, 0.717) is 6.54 Å². The first kappa shape index (κ1) is 13.0. The summed E-state index contributed by atoms with van der Waals surface area (Å²) in [5.74, 6) is -0.0307. The van der Waals surface area contributed by atoms with E-state index in [2.05, 4.69) is 21.2 Å². The second kappa shape index (κ2) is 6.51. The molecule has 1 amide bonds. The van der Waals surface area contributed by atoms with Gasteiger partial charge in [0, 0.05) is 16.4 Å². The van der Waals surface area contributed by atoms with E-state index in [1.807, 2.05) is 18.4 Å². The molecule has 1 N–H and O–H groups in total. The molecule has 1 aromatic heterocycles. The van der Waals surface area contributed by atoms with Gasteiger partial charge < -0.3 is 5.32 Å². The highest BCUT2D eigenvalue weighted by Gasteiger charge is 2.11. The average molecular weight is 311 g/mol. The second-order valence-electron chi connectivity index (χ2n) is 3.15. The molecular weight excluding hydrogens is 298 g/mol. The highest BCUT2D eigenvalue weighted by molar-refractivity contribution is 9.10. The minimum absolute atomic E-state index is 0.0307. The summed E-state index contributed by atoms with van der Waals surface area (Å²) < 4.78 is 0.850. The van der Waals surface area contributed by atoms with Crippen LogP contribution in [0.2, 0.25) is 0 Å². The van der Waals surface area contributed by atoms with Crippen molar-refractivity contribution in [2.75, 3.05) is 6.54 Å². The SMILES string of the molecule is CCC(Cl)CCNC(=O)c1sccc1Br. The molecule has 1 heterocycles. The van der Waals surface area contributed by atoms with E-state index in [4.69, 9.17) is 11.6 Å². The van der Waals surface area contributed by atoms with Gasteiger partial charge in [-0.3, -0.25) is 4.79 Å². The van der Waals surface area contributed by atoms with Gasteiger partial charge in [0.1, 0.15) is 4.88 Å². The lowest BCUT2D eigenvalue weighted by Crippen LogP contribution is -2.25. The maximum atomic E-state index is 11.6. The van der Waals surface area contributed by atoms with Gasteiger partial charge in [0.25, 0.3) is 5.91 Å². The highest BCUT2D eigenvalue weighted by Crippen LogP contribution is 2.22. The van der Waals surface area contributed by atoms with Crippen molar-refractivity contribution in [3.63, 3.8) is 0 Å². The zero-order chi connectivity index (χ0) is 11.3. The van der Waals surface area contributed by atoms with Crippen LogP contribution in [0.4, 0.5) is 0 Å².